The van der Waals surface area contributed by atoms with Gasteiger partial charge >= 0.3 is 0 Å². The number of methoxy groups -OCH3 is 1. The van der Waals surface area contributed by atoms with Gasteiger partial charge in [-0.1, -0.05) is 50.5 Å². The number of hydrogen-bond acceptors (Lipinski definition) is 5. The standard InChI is InChI=1S/C28H39N3O5S/c1-5-22-14-16-25(17-15-22)31(37(4,34)35)20-27(32)30(19-23-10-9-13-26(18-23)36-3)21(2)28(33)29-24-11-7-6-8-12-24/h9-10,13-18,21,24H,5-8,11-12,19-20H2,1-4H3,(H,29,33)/t21-/m0/s1. The van der Waals surface area contributed by atoms with Gasteiger partial charge in [0.25, 0.3) is 0 Å². The van der Waals surface area contributed by atoms with Gasteiger partial charge in [0, 0.05) is 12.6 Å². The number of aryl methyl sites for hydroxylation is 1. The molecule has 1 atom stereocenters. The molecule has 0 heterocycles. The van der Waals surface area contributed by atoms with Gasteiger partial charge in [-0.3, -0.25) is 13.9 Å². The summed E-state index contributed by atoms with van der Waals surface area (Å²) in [5, 5.41) is 3.10. The largest absolute Gasteiger partial charge is 0.497 e. The highest BCUT2D eigenvalue weighted by molar-refractivity contribution is 7.92. The Morgan fingerprint density at radius 1 is 1.05 bits per heavy atom. The summed E-state index contributed by atoms with van der Waals surface area (Å²) in [6.07, 6.45) is 7.08. The number of nitrogens with zero attached hydrogens (tertiary/aromatic N) is 2. The minimum atomic E-state index is -3.75. The molecule has 0 radical (unpaired) electrons. The third-order valence-corrected chi connectivity index (χ3v) is 8.06. The fourth-order valence-electron chi connectivity index (χ4n) is 4.63. The zero-order chi connectivity index (χ0) is 27.0. The molecular weight excluding hydrogens is 490 g/mol. The van der Waals surface area contributed by atoms with Crippen molar-refractivity contribution in [2.75, 3.05) is 24.2 Å². The Morgan fingerprint density at radius 3 is 2.32 bits per heavy atom. The molecule has 202 valence electrons. The highest BCUT2D eigenvalue weighted by Gasteiger charge is 2.31. The summed E-state index contributed by atoms with van der Waals surface area (Å²) in [7, 11) is -2.19. The minimum Gasteiger partial charge on any atom is -0.497 e. The normalized spacial score (nSPS) is 15.0. The molecule has 1 fully saturated rings. The number of hydrogen-bond donors (Lipinski definition) is 1. The third-order valence-electron chi connectivity index (χ3n) is 6.92. The first-order valence-electron chi connectivity index (χ1n) is 12.9. The van der Waals surface area contributed by atoms with Gasteiger partial charge in [0.15, 0.2) is 0 Å². The average Bonchev–Trinajstić information content (AvgIpc) is 2.90. The highest BCUT2D eigenvalue weighted by Crippen LogP contribution is 2.22. The van der Waals surface area contributed by atoms with Gasteiger partial charge in [0.2, 0.25) is 21.8 Å². The summed E-state index contributed by atoms with van der Waals surface area (Å²) in [6.45, 7) is 3.44. The molecule has 0 spiro atoms. The van der Waals surface area contributed by atoms with Crippen LogP contribution in [-0.4, -0.2) is 57.1 Å². The van der Waals surface area contributed by atoms with Crippen LogP contribution < -0.4 is 14.4 Å². The topological polar surface area (TPSA) is 96.0 Å². The second-order valence-electron chi connectivity index (χ2n) is 9.68. The first-order valence-corrected chi connectivity index (χ1v) is 14.8. The molecule has 2 aromatic carbocycles. The van der Waals surface area contributed by atoms with Gasteiger partial charge in [0.1, 0.15) is 18.3 Å². The molecule has 3 rings (SSSR count). The van der Waals surface area contributed by atoms with Crippen molar-refractivity contribution in [2.24, 2.45) is 0 Å². The molecule has 1 N–H and O–H groups in total. The summed E-state index contributed by atoms with van der Waals surface area (Å²) >= 11 is 0. The zero-order valence-electron chi connectivity index (χ0n) is 22.3. The molecule has 2 amide bonds. The van der Waals surface area contributed by atoms with Crippen molar-refractivity contribution in [3.8, 4) is 5.75 Å². The van der Waals surface area contributed by atoms with Crippen molar-refractivity contribution in [1.82, 2.24) is 10.2 Å². The number of benzene rings is 2. The zero-order valence-corrected chi connectivity index (χ0v) is 23.1. The molecule has 37 heavy (non-hydrogen) atoms. The van der Waals surface area contributed by atoms with Crippen LogP contribution in [0.1, 0.15) is 57.1 Å². The van der Waals surface area contributed by atoms with E-state index in [1.165, 1.54) is 11.3 Å². The molecule has 1 aliphatic carbocycles. The minimum absolute atomic E-state index is 0.0991. The molecule has 0 saturated heterocycles. The Morgan fingerprint density at radius 2 is 1.73 bits per heavy atom. The molecule has 0 aromatic heterocycles. The first kappa shape index (κ1) is 28.5. The molecule has 1 aliphatic rings. The summed E-state index contributed by atoms with van der Waals surface area (Å²) < 4.78 is 31.8. The fourth-order valence-corrected chi connectivity index (χ4v) is 5.48. The lowest BCUT2D eigenvalue weighted by Gasteiger charge is -2.33. The van der Waals surface area contributed by atoms with Crippen molar-refractivity contribution >= 4 is 27.5 Å². The predicted molar refractivity (Wildman–Crippen MR) is 146 cm³/mol. The molecule has 1 saturated carbocycles. The molecule has 2 aromatic rings. The summed E-state index contributed by atoms with van der Waals surface area (Å²) in [5.41, 5.74) is 2.26. The van der Waals surface area contributed by atoms with Crippen molar-refractivity contribution in [1.29, 1.82) is 0 Å². The molecule has 0 aliphatic heterocycles. The smallest absolute Gasteiger partial charge is 0.244 e. The highest BCUT2D eigenvalue weighted by atomic mass is 32.2. The van der Waals surface area contributed by atoms with E-state index in [0.29, 0.717) is 11.4 Å². The second kappa shape index (κ2) is 12.9. The van der Waals surface area contributed by atoms with Crippen LogP contribution in [0.3, 0.4) is 0 Å². The van der Waals surface area contributed by atoms with Crippen LogP contribution >= 0.6 is 0 Å². The number of rotatable bonds is 11. The van der Waals surface area contributed by atoms with Crippen LogP contribution in [-0.2, 0) is 32.6 Å². The van der Waals surface area contributed by atoms with E-state index in [9.17, 15) is 18.0 Å². The summed E-state index contributed by atoms with van der Waals surface area (Å²) in [5.74, 6) is -0.0570. The van der Waals surface area contributed by atoms with Crippen LogP contribution in [0, 0.1) is 0 Å². The Balaban J connectivity index is 1.87. The average molecular weight is 530 g/mol. The Bertz CT molecular complexity index is 1160. The second-order valence-corrected chi connectivity index (χ2v) is 11.6. The number of carbonyl (C=O) groups excluding carboxylic acids is 2. The number of sulfonamides is 1. The van der Waals surface area contributed by atoms with Crippen LogP contribution in [0.5, 0.6) is 5.75 Å². The third kappa shape index (κ3) is 7.95. The predicted octanol–water partition coefficient (Wildman–Crippen LogP) is 3.89. The Labute approximate surface area is 221 Å². The van der Waals surface area contributed by atoms with Gasteiger partial charge in [-0.05, 0) is 61.6 Å². The lowest BCUT2D eigenvalue weighted by molar-refractivity contribution is -0.139. The van der Waals surface area contributed by atoms with Gasteiger partial charge in [0.05, 0.1) is 19.1 Å². The van der Waals surface area contributed by atoms with Gasteiger partial charge in [-0.2, -0.15) is 0 Å². The van der Waals surface area contributed by atoms with E-state index in [-0.39, 0.29) is 18.5 Å². The lowest BCUT2D eigenvalue weighted by atomic mass is 9.95. The maximum absolute atomic E-state index is 13.7. The van der Waals surface area contributed by atoms with Crippen molar-refractivity contribution in [2.45, 2.75) is 71.0 Å². The number of nitrogens with one attached hydrogen (secondary N) is 1. The maximum Gasteiger partial charge on any atom is 0.244 e. The van der Waals surface area contributed by atoms with E-state index in [0.717, 1.165) is 53.8 Å². The number of amides is 2. The molecule has 9 heteroatoms. The Hall–Kier alpha value is -3.07. The van der Waals surface area contributed by atoms with Crippen LogP contribution in [0.2, 0.25) is 0 Å². The summed E-state index contributed by atoms with van der Waals surface area (Å²) in [6, 6.07) is 13.7. The monoisotopic (exact) mass is 529 g/mol. The van der Waals surface area contributed by atoms with Gasteiger partial charge in [-0.25, -0.2) is 8.42 Å². The van der Waals surface area contributed by atoms with E-state index in [2.05, 4.69) is 5.32 Å². The summed E-state index contributed by atoms with van der Waals surface area (Å²) in [4.78, 5) is 28.4. The Kier molecular flexibility index (Phi) is 9.97. The molecule has 0 unspecified atom stereocenters. The maximum atomic E-state index is 13.7. The van der Waals surface area contributed by atoms with Gasteiger partial charge < -0.3 is 15.0 Å². The number of anilines is 1. The van der Waals surface area contributed by atoms with Crippen molar-refractivity contribution in [3.05, 3.63) is 59.7 Å². The molecular formula is C28H39N3O5S. The quantitative estimate of drug-likeness (QED) is 0.477. The van der Waals surface area contributed by atoms with Crippen molar-refractivity contribution < 1.29 is 22.7 Å². The van der Waals surface area contributed by atoms with Crippen molar-refractivity contribution in [3.63, 3.8) is 0 Å². The van der Waals surface area contributed by atoms with Gasteiger partial charge in [-0.15, -0.1) is 0 Å². The SMILES string of the molecule is CCc1ccc(N(CC(=O)N(Cc2cccc(OC)c2)[C@@H](C)C(=O)NC2CCCCC2)S(C)(=O)=O)cc1. The van der Waals surface area contributed by atoms with E-state index < -0.39 is 28.5 Å². The van der Waals surface area contributed by atoms with Crippen LogP contribution in [0.15, 0.2) is 48.5 Å². The first-order chi connectivity index (χ1) is 17.6. The molecule has 8 nitrogen and oxygen atoms in total. The van der Waals surface area contributed by atoms with E-state index >= 15 is 0 Å². The number of carbonyl (C=O) groups is 2. The van der Waals surface area contributed by atoms with E-state index in [4.69, 9.17) is 4.74 Å². The van der Waals surface area contributed by atoms with Crippen LogP contribution in [0.4, 0.5) is 5.69 Å². The van der Waals surface area contributed by atoms with E-state index in [1.54, 1.807) is 32.2 Å². The van der Waals surface area contributed by atoms with Crippen LogP contribution in [0.25, 0.3) is 0 Å². The van der Waals surface area contributed by atoms with E-state index in [1.807, 2.05) is 37.3 Å². The number of ether oxygens (including phenoxy) is 1. The lowest BCUT2D eigenvalue weighted by Crippen LogP contribution is -2.52. The molecule has 0 bridgehead atoms. The fraction of sp³-hybridized carbons (Fsp3) is 0.500.